The van der Waals surface area contributed by atoms with E-state index in [0.717, 1.165) is 0 Å². The molecule has 0 spiro atoms. The molecule has 0 saturated heterocycles. The zero-order valence-corrected chi connectivity index (χ0v) is 10.9. The third-order valence-electron chi connectivity index (χ3n) is 2.79. The van der Waals surface area contributed by atoms with Crippen LogP contribution < -0.4 is 4.74 Å². The van der Waals surface area contributed by atoms with E-state index < -0.39 is 18.6 Å². The smallest absolute Gasteiger partial charge is 0.389 e. The summed E-state index contributed by atoms with van der Waals surface area (Å²) in [7, 11) is 0. The number of hydrogen-bond donors (Lipinski definition) is 1. The molecule has 0 bridgehead atoms. The zero-order valence-electron chi connectivity index (χ0n) is 10.9. The summed E-state index contributed by atoms with van der Waals surface area (Å²) in [5, 5.41) is 9.49. The number of carboxylic acid groups (broad SMARTS) is 1. The van der Waals surface area contributed by atoms with Crippen LogP contribution in [-0.4, -0.2) is 28.8 Å². The van der Waals surface area contributed by atoms with E-state index in [0.29, 0.717) is 10.9 Å². The van der Waals surface area contributed by atoms with Gasteiger partial charge in [0.05, 0.1) is 17.7 Å². The molecular formula is C14H12F3NO3. The first-order valence-electron chi connectivity index (χ1n) is 6.19. The number of carboxylic acids is 1. The van der Waals surface area contributed by atoms with Crippen LogP contribution in [0.25, 0.3) is 10.9 Å². The molecule has 0 radical (unpaired) electrons. The third-order valence-corrected chi connectivity index (χ3v) is 2.79. The number of nitrogens with zero attached hydrogens (tertiary/aromatic N) is 1. The summed E-state index contributed by atoms with van der Waals surface area (Å²) in [6.45, 7) is -0.101. The lowest BCUT2D eigenvalue weighted by molar-refractivity contribution is -0.136. The van der Waals surface area contributed by atoms with Crippen molar-refractivity contribution >= 4 is 16.9 Å². The Labute approximate surface area is 118 Å². The maximum absolute atomic E-state index is 12.0. The van der Waals surface area contributed by atoms with Crippen molar-refractivity contribution < 1.29 is 27.8 Å². The molecule has 0 unspecified atom stereocenters. The minimum absolute atomic E-state index is 0.101. The van der Waals surface area contributed by atoms with Crippen molar-refractivity contribution in [1.82, 2.24) is 4.98 Å². The molecule has 2 aromatic rings. The first-order valence-corrected chi connectivity index (χ1v) is 6.19. The Bertz CT molecular complexity index is 655. The molecule has 2 rings (SSSR count). The highest BCUT2D eigenvalue weighted by molar-refractivity contribution is 6.02. The number of rotatable bonds is 5. The maximum atomic E-state index is 12.0. The van der Waals surface area contributed by atoms with Gasteiger partial charge in [0.15, 0.2) is 0 Å². The Hall–Kier alpha value is -2.31. The van der Waals surface area contributed by atoms with Crippen LogP contribution in [0.5, 0.6) is 5.88 Å². The highest BCUT2D eigenvalue weighted by Crippen LogP contribution is 2.23. The van der Waals surface area contributed by atoms with Crippen LogP contribution in [0.15, 0.2) is 30.3 Å². The zero-order chi connectivity index (χ0) is 15.5. The first kappa shape index (κ1) is 15.1. The van der Waals surface area contributed by atoms with Crippen molar-refractivity contribution in [3.63, 3.8) is 0 Å². The van der Waals surface area contributed by atoms with Crippen LogP contribution in [0.4, 0.5) is 13.2 Å². The van der Waals surface area contributed by atoms with Crippen molar-refractivity contribution in [2.45, 2.75) is 19.0 Å². The largest absolute Gasteiger partial charge is 0.478 e. The SMILES string of the molecule is O=C(O)c1cccc2nc(OCCCC(F)(F)F)ccc12. The number of aromatic carboxylic acids is 1. The molecule has 4 nitrogen and oxygen atoms in total. The van der Waals surface area contributed by atoms with Gasteiger partial charge in [-0.1, -0.05) is 6.07 Å². The number of carbonyl (C=O) groups is 1. The molecule has 1 aromatic heterocycles. The standard InChI is InChI=1S/C14H12F3NO3/c15-14(16,17)7-2-8-21-12-6-5-9-10(13(19)20)3-1-4-11(9)18-12/h1,3-6H,2,7-8H2,(H,19,20). The van der Waals surface area contributed by atoms with Gasteiger partial charge >= 0.3 is 12.1 Å². The Kier molecular flexibility index (Phi) is 4.30. The van der Waals surface area contributed by atoms with E-state index in [4.69, 9.17) is 9.84 Å². The summed E-state index contributed by atoms with van der Waals surface area (Å²) in [5.74, 6) is -0.895. The van der Waals surface area contributed by atoms with Crippen LogP contribution in [0.3, 0.4) is 0 Å². The number of fused-ring (bicyclic) bond motifs is 1. The molecule has 0 aliphatic rings. The molecule has 0 amide bonds. The molecule has 0 aliphatic carbocycles. The van der Waals surface area contributed by atoms with Crippen molar-refractivity contribution in [3.05, 3.63) is 35.9 Å². The van der Waals surface area contributed by atoms with Crippen LogP contribution in [0.2, 0.25) is 0 Å². The predicted octanol–water partition coefficient (Wildman–Crippen LogP) is 3.65. The van der Waals surface area contributed by atoms with Crippen LogP contribution in [-0.2, 0) is 0 Å². The normalized spacial score (nSPS) is 11.6. The highest BCUT2D eigenvalue weighted by Gasteiger charge is 2.26. The minimum Gasteiger partial charge on any atom is -0.478 e. The van der Waals surface area contributed by atoms with Gasteiger partial charge in [0.1, 0.15) is 0 Å². The van der Waals surface area contributed by atoms with Crippen LogP contribution >= 0.6 is 0 Å². The molecule has 112 valence electrons. The lowest BCUT2D eigenvalue weighted by Gasteiger charge is -2.08. The van der Waals surface area contributed by atoms with Crippen LogP contribution in [0, 0.1) is 0 Å². The number of pyridine rings is 1. The summed E-state index contributed by atoms with van der Waals surface area (Å²) in [4.78, 5) is 15.1. The van der Waals surface area contributed by atoms with Gasteiger partial charge < -0.3 is 9.84 Å². The summed E-state index contributed by atoms with van der Waals surface area (Å²) < 4.78 is 41.1. The van der Waals surface area contributed by atoms with E-state index in [1.807, 2.05) is 0 Å². The predicted molar refractivity (Wildman–Crippen MR) is 69.5 cm³/mol. The molecule has 7 heteroatoms. The molecule has 0 atom stereocenters. The van der Waals surface area contributed by atoms with E-state index in [2.05, 4.69) is 4.98 Å². The van der Waals surface area contributed by atoms with E-state index in [1.54, 1.807) is 12.1 Å². The average molecular weight is 299 g/mol. The van der Waals surface area contributed by atoms with Crippen LogP contribution in [0.1, 0.15) is 23.2 Å². The van der Waals surface area contributed by atoms with Gasteiger partial charge in [-0.05, 0) is 24.6 Å². The lowest BCUT2D eigenvalue weighted by atomic mass is 10.1. The van der Waals surface area contributed by atoms with Gasteiger partial charge in [-0.15, -0.1) is 0 Å². The molecule has 1 heterocycles. The van der Waals surface area contributed by atoms with E-state index in [-0.39, 0.29) is 24.5 Å². The molecular weight excluding hydrogens is 287 g/mol. The lowest BCUT2D eigenvalue weighted by Crippen LogP contribution is -2.10. The van der Waals surface area contributed by atoms with Crippen molar-refractivity contribution in [2.75, 3.05) is 6.61 Å². The number of ether oxygens (including phenoxy) is 1. The summed E-state index contributed by atoms with van der Waals surface area (Å²) in [6, 6.07) is 7.60. The fraction of sp³-hybridized carbons (Fsp3) is 0.286. The quantitative estimate of drug-likeness (QED) is 0.856. The first-order chi connectivity index (χ1) is 9.87. The maximum Gasteiger partial charge on any atom is 0.389 e. The fourth-order valence-electron chi connectivity index (χ4n) is 1.85. The fourth-order valence-corrected chi connectivity index (χ4v) is 1.85. The molecule has 0 saturated carbocycles. The van der Waals surface area contributed by atoms with E-state index >= 15 is 0 Å². The summed E-state index contributed by atoms with van der Waals surface area (Å²) >= 11 is 0. The Morgan fingerprint density at radius 3 is 2.67 bits per heavy atom. The minimum atomic E-state index is -4.20. The van der Waals surface area contributed by atoms with Crippen molar-refractivity contribution in [3.8, 4) is 5.88 Å². The Morgan fingerprint density at radius 1 is 1.24 bits per heavy atom. The number of aromatic nitrogens is 1. The Balaban J connectivity index is 2.08. The molecule has 0 aliphatic heterocycles. The second kappa shape index (κ2) is 5.99. The molecule has 0 fully saturated rings. The van der Waals surface area contributed by atoms with Gasteiger partial charge in [-0.2, -0.15) is 13.2 Å². The molecule has 21 heavy (non-hydrogen) atoms. The van der Waals surface area contributed by atoms with Gasteiger partial charge in [-0.25, -0.2) is 9.78 Å². The Morgan fingerprint density at radius 2 is 2.00 bits per heavy atom. The molecule has 1 aromatic carbocycles. The van der Waals surface area contributed by atoms with E-state index in [1.165, 1.54) is 18.2 Å². The topological polar surface area (TPSA) is 59.4 Å². The van der Waals surface area contributed by atoms with Crippen molar-refractivity contribution in [2.24, 2.45) is 0 Å². The summed E-state index contributed by atoms with van der Waals surface area (Å²) in [5.41, 5.74) is 0.534. The second-order valence-electron chi connectivity index (χ2n) is 4.39. The van der Waals surface area contributed by atoms with Gasteiger partial charge in [0, 0.05) is 17.9 Å². The second-order valence-corrected chi connectivity index (χ2v) is 4.39. The van der Waals surface area contributed by atoms with Gasteiger partial charge in [0.2, 0.25) is 5.88 Å². The summed E-state index contributed by atoms with van der Waals surface area (Å²) in [6.07, 6.45) is -5.27. The number of benzene rings is 1. The number of alkyl halides is 3. The third kappa shape index (κ3) is 4.08. The van der Waals surface area contributed by atoms with Gasteiger partial charge in [-0.3, -0.25) is 0 Å². The van der Waals surface area contributed by atoms with Gasteiger partial charge in [0.25, 0.3) is 0 Å². The van der Waals surface area contributed by atoms with Crippen molar-refractivity contribution in [1.29, 1.82) is 0 Å². The van der Waals surface area contributed by atoms with E-state index in [9.17, 15) is 18.0 Å². The number of halogens is 3. The molecule has 1 N–H and O–H groups in total. The number of hydrogen-bond acceptors (Lipinski definition) is 3. The average Bonchev–Trinajstić information content (AvgIpc) is 2.41. The monoisotopic (exact) mass is 299 g/mol. The highest BCUT2D eigenvalue weighted by atomic mass is 19.4.